The van der Waals surface area contributed by atoms with Gasteiger partial charge in [0.25, 0.3) is 0 Å². The molecular weight excluding hydrogens is 329 g/mol. The Labute approximate surface area is 145 Å². The highest BCUT2D eigenvalue weighted by Crippen LogP contribution is 2.29. The molecular formula is C16H22FN5OS. The normalized spacial score (nSPS) is 12.2. The van der Waals surface area contributed by atoms with E-state index in [1.807, 2.05) is 6.92 Å². The summed E-state index contributed by atoms with van der Waals surface area (Å²) in [6, 6.07) is 6.43. The first kappa shape index (κ1) is 18.4. The fourth-order valence-corrected chi connectivity index (χ4v) is 3.40. The molecule has 1 amide bonds. The zero-order chi connectivity index (χ0) is 17.7. The van der Waals surface area contributed by atoms with Crippen LogP contribution in [-0.2, 0) is 11.2 Å². The van der Waals surface area contributed by atoms with E-state index >= 15 is 0 Å². The van der Waals surface area contributed by atoms with Gasteiger partial charge in [0.1, 0.15) is 11.6 Å². The molecule has 1 atom stereocenters. The van der Waals surface area contributed by atoms with Gasteiger partial charge in [-0.3, -0.25) is 9.36 Å². The van der Waals surface area contributed by atoms with Crippen LogP contribution >= 0.6 is 11.8 Å². The van der Waals surface area contributed by atoms with Gasteiger partial charge in [0, 0.05) is 20.5 Å². The molecule has 0 aliphatic heterocycles. The van der Waals surface area contributed by atoms with Crippen molar-refractivity contribution in [3.05, 3.63) is 35.9 Å². The molecule has 6 nitrogen and oxygen atoms in total. The third-order valence-corrected chi connectivity index (χ3v) is 4.79. The molecule has 0 fully saturated rings. The number of amides is 1. The number of aromatic nitrogens is 3. The number of thioether (sulfide) groups is 1. The van der Waals surface area contributed by atoms with Gasteiger partial charge in [-0.1, -0.05) is 30.8 Å². The molecule has 0 saturated carbocycles. The number of carbonyl (C=O) groups is 1. The summed E-state index contributed by atoms with van der Waals surface area (Å²) in [6.07, 6.45) is 1.11. The Morgan fingerprint density at radius 2 is 2.08 bits per heavy atom. The molecule has 1 aromatic heterocycles. The molecule has 24 heavy (non-hydrogen) atoms. The van der Waals surface area contributed by atoms with Crippen LogP contribution in [0.4, 0.5) is 4.39 Å². The zero-order valence-electron chi connectivity index (χ0n) is 14.1. The molecule has 0 spiro atoms. The third-order valence-electron chi connectivity index (χ3n) is 3.50. The second-order valence-electron chi connectivity index (χ2n) is 5.47. The summed E-state index contributed by atoms with van der Waals surface area (Å²) in [7, 11) is 3.43. The summed E-state index contributed by atoms with van der Waals surface area (Å²) in [4.78, 5) is 13.8. The Morgan fingerprint density at radius 3 is 2.67 bits per heavy atom. The average Bonchev–Trinajstić information content (AvgIpc) is 2.95. The van der Waals surface area contributed by atoms with E-state index in [2.05, 4.69) is 10.2 Å². The van der Waals surface area contributed by atoms with E-state index in [-0.39, 0.29) is 17.0 Å². The summed E-state index contributed by atoms with van der Waals surface area (Å²) in [5.41, 5.74) is 5.99. The van der Waals surface area contributed by atoms with E-state index < -0.39 is 0 Å². The van der Waals surface area contributed by atoms with Gasteiger partial charge < -0.3 is 10.6 Å². The highest BCUT2D eigenvalue weighted by atomic mass is 32.2. The predicted octanol–water partition coefficient (Wildman–Crippen LogP) is 1.87. The van der Waals surface area contributed by atoms with Crippen molar-refractivity contribution < 1.29 is 9.18 Å². The Balaban J connectivity index is 2.44. The van der Waals surface area contributed by atoms with E-state index in [0.717, 1.165) is 0 Å². The Kier molecular flexibility index (Phi) is 6.33. The molecule has 2 aromatic rings. The van der Waals surface area contributed by atoms with Crippen molar-refractivity contribution in [3.8, 4) is 5.69 Å². The molecule has 1 unspecified atom stereocenters. The Morgan fingerprint density at radius 1 is 1.38 bits per heavy atom. The van der Waals surface area contributed by atoms with Crippen molar-refractivity contribution in [1.82, 2.24) is 19.7 Å². The molecule has 0 aliphatic rings. The van der Waals surface area contributed by atoms with Crippen molar-refractivity contribution in [1.29, 1.82) is 0 Å². The predicted molar refractivity (Wildman–Crippen MR) is 92.7 cm³/mol. The van der Waals surface area contributed by atoms with Gasteiger partial charge >= 0.3 is 0 Å². The monoisotopic (exact) mass is 351 g/mol. The van der Waals surface area contributed by atoms with E-state index in [4.69, 9.17) is 5.73 Å². The summed E-state index contributed by atoms with van der Waals surface area (Å²) in [5, 5.41) is 8.49. The quantitative estimate of drug-likeness (QED) is 0.771. The smallest absolute Gasteiger partial charge is 0.235 e. The van der Waals surface area contributed by atoms with Crippen LogP contribution in [0.5, 0.6) is 0 Å². The average molecular weight is 351 g/mol. The van der Waals surface area contributed by atoms with Crippen LogP contribution < -0.4 is 5.73 Å². The van der Waals surface area contributed by atoms with Gasteiger partial charge in [-0.2, -0.15) is 0 Å². The van der Waals surface area contributed by atoms with Gasteiger partial charge in [0.05, 0.1) is 10.9 Å². The first-order valence-corrected chi connectivity index (χ1v) is 8.64. The Bertz CT molecular complexity index is 704. The summed E-state index contributed by atoms with van der Waals surface area (Å²) < 4.78 is 15.9. The van der Waals surface area contributed by atoms with E-state index in [1.165, 1.54) is 17.8 Å². The number of hydrogen-bond acceptors (Lipinski definition) is 5. The van der Waals surface area contributed by atoms with Gasteiger partial charge in [0.2, 0.25) is 5.91 Å². The van der Waals surface area contributed by atoms with Gasteiger partial charge in [0.15, 0.2) is 5.16 Å². The number of carbonyl (C=O) groups excluding carboxylic acids is 1. The third kappa shape index (κ3) is 3.93. The van der Waals surface area contributed by atoms with Crippen molar-refractivity contribution in [2.24, 2.45) is 5.73 Å². The van der Waals surface area contributed by atoms with E-state index in [9.17, 15) is 9.18 Å². The molecule has 2 N–H and O–H groups in total. The molecule has 0 bridgehead atoms. The van der Waals surface area contributed by atoms with E-state index in [0.29, 0.717) is 36.1 Å². The SMILES string of the molecule is CCC(Sc1nnc(CCN)n1-c1ccccc1F)C(=O)N(C)C. The lowest BCUT2D eigenvalue weighted by Crippen LogP contribution is -2.31. The van der Waals surface area contributed by atoms with E-state index in [1.54, 1.807) is 41.8 Å². The van der Waals surface area contributed by atoms with Gasteiger partial charge in [-0.25, -0.2) is 4.39 Å². The zero-order valence-corrected chi connectivity index (χ0v) is 14.9. The lowest BCUT2D eigenvalue weighted by Gasteiger charge is -2.19. The molecule has 0 aliphatic carbocycles. The van der Waals surface area contributed by atoms with Gasteiger partial charge in [-0.15, -0.1) is 10.2 Å². The topological polar surface area (TPSA) is 77.0 Å². The molecule has 130 valence electrons. The number of nitrogens with two attached hydrogens (primary N) is 1. The molecule has 0 radical (unpaired) electrons. The fourth-order valence-electron chi connectivity index (χ4n) is 2.27. The molecule has 8 heteroatoms. The maximum atomic E-state index is 14.3. The maximum absolute atomic E-state index is 14.3. The summed E-state index contributed by atoms with van der Waals surface area (Å²) >= 11 is 1.29. The van der Waals surface area contributed by atoms with Crippen LogP contribution in [0.2, 0.25) is 0 Å². The molecule has 2 rings (SSSR count). The number of benzene rings is 1. The second kappa shape index (κ2) is 8.25. The van der Waals surface area contributed by atoms with Crippen molar-refractivity contribution >= 4 is 17.7 Å². The minimum Gasteiger partial charge on any atom is -0.348 e. The number of halogens is 1. The van der Waals surface area contributed by atoms with Crippen LogP contribution in [0.15, 0.2) is 29.4 Å². The van der Waals surface area contributed by atoms with Crippen LogP contribution in [0.1, 0.15) is 19.2 Å². The van der Waals surface area contributed by atoms with Crippen molar-refractivity contribution in [2.45, 2.75) is 30.2 Å². The van der Waals surface area contributed by atoms with Gasteiger partial charge in [-0.05, 0) is 25.1 Å². The molecule has 1 aromatic carbocycles. The number of rotatable bonds is 7. The first-order valence-electron chi connectivity index (χ1n) is 7.76. The lowest BCUT2D eigenvalue weighted by molar-refractivity contribution is -0.128. The fraction of sp³-hybridized carbons (Fsp3) is 0.438. The minimum absolute atomic E-state index is 0.00837. The Hall–Kier alpha value is -1.93. The molecule has 1 heterocycles. The first-order chi connectivity index (χ1) is 11.5. The van der Waals surface area contributed by atoms with Crippen molar-refractivity contribution in [3.63, 3.8) is 0 Å². The minimum atomic E-state index is -0.371. The summed E-state index contributed by atoms with van der Waals surface area (Å²) in [5.74, 6) is 0.201. The second-order valence-corrected chi connectivity index (χ2v) is 6.64. The van der Waals surface area contributed by atoms with Crippen LogP contribution in [0.3, 0.4) is 0 Å². The summed E-state index contributed by atoms with van der Waals surface area (Å²) in [6.45, 7) is 2.31. The number of nitrogens with zero attached hydrogens (tertiary/aromatic N) is 4. The maximum Gasteiger partial charge on any atom is 0.235 e. The largest absolute Gasteiger partial charge is 0.348 e. The van der Waals surface area contributed by atoms with Crippen LogP contribution in [-0.4, -0.2) is 51.5 Å². The highest BCUT2D eigenvalue weighted by Gasteiger charge is 2.25. The van der Waals surface area contributed by atoms with Crippen LogP contribution in [0, 0.1) is 5.82 Å². The lowest BCUT2D eigenvalue weighted by atomic mass is 10.3. The number of para-hydroxylation sites is 1. The van der Waals surface area contributed by atoms with Crippen LogP contribution in [0.25, 0.3) is 5.69 Å². The standard InChI is InChI=1S/C16H22FN5OS/c1-4-13(15(23)21(2)3)24-16-20-19-14(9-10-18)22(16)12-8-6-5-7-11(12)17/h5-8,13H,4,9-10,18H2,1-3H3. The highest BCUT2D eigenvalue weighted by molar-refractivity contribution is 8.00. The van der Waals surface area contributed by atoms with Crippen molar-refractivity contribution in [2.75, 3.05) is 20.6 Å². The number of hydrogen-bond donors (Lipinski definition) is 1. The molecule has 0 saturated heterocycles.